The maximum Gasteiger partial charge on any atom is 0.291 e. The van der Waals surface area contributed by atoms with Crippen LogP contribution in [-0.2, 0) is 4.74 Å². The lowest BCUT2D eigenvalue weighted by atomic mass is 9.92. The maximum atomic E-state index is 13.3. The van der Waals surface area contributed by atoms with E-state index in [1.807, 2.05) is 30.0 Å². The number of carbonyl (C=O) groups excluding carboxylic acids is 1. The van der Waals surface area contributed by atoms with Crippen molar-refractivity contribution in [2.75, 3.05) is 61.1 Å². The number of anilines is 3. The topological polar surface area (TPSA) is 137 Å². The highest BCUT2D eigenvalue weighted by molar-refractivity contribution is 7.22. The SMILES string of the molecule is Cc1cc(-c2ccc(C(=O)Nc3cc4sc(N5CCOCC5)nc4nc3N3CCC(O)(CO)CC3)o2)ccn1. The Balaban J connectivity index is 1.31. The van der Waals surface area contributed by atoms with Crippen LogP contribution in [0.15, 0.2) is 40.9 Å². The van der Waals surface area contributed by atoms with Crippen LogP contribution in [0.25, 0.3) is 21.7 Å². The van der Waals surface area contributed by atoms with Crippen molar-refractivity contribution >= 4 is 44.2 Å². The molecule has 39 heavy (non-hydrogen) atoms. The molecule has 0 bridgehead atoms. The molecule has 0 spiro atoms. The summed E-state index contributed by atoms with van der Waals surface area (Å²) in [5.74, 6) is 0.941. The van der Waals surface area contributed by atoms with Gasteiger partial charge in [0.1, 0.15) is 5.76 Å². The maximum absolute atomic E-state index is 13.3. The largest absolute Gasteiger partial charge is 0.451 e. The molecule has 4 aromatic heterocycles. The van der Waals surface area contributed by atoms with Gasteiger partial charge in [-0.1, -0.05) is 11.3 Å². The van der Waals surface area contributed by atoms with E-state index in [1.54, 1.807) is 18.3 Å². The molecule has 2 fully saturated rings. The minimum atomic E-state index is -1.11. The van der Waals surface area contributed by atoms with Gasteiger partial charge in [0.15, 0.2) is 22.4 Å². The standard InChI is InChI=1S/C27H30N6O5S/c1-17-14-18(4-7-28-17)20-2-3-21(38-20)25(35)29-19-15-22-23(31-26(39-22)33-10-12-37-13-11-33)30-24(19)32-8-5-27(36,16-34)6-9-32/h2-4,7,14-15,34,36H,5-6,8-13,16H2,1H3,(H,29,35). The summed E-state index contributed by atoms with van der Waals surface area (Å²) < 4.78 is 12.2. The number of aliphatic hydroxyl groups is 2. The second-order valence-electron chi connectivity index (χ2n) is 9.95. The number of rotatable bonds is 6. The number of thiazole rings is 1. The summed E-state index contributed by atoms with van der Waals surface area (Å²) in [5.41, 5.74) is 1.73. The number of amides is 1. The molecule has 11 nitrogen and oxygen atoms in total. The highest BCUT2D eigenvalue weighted by Gasteiger charge is 2.33. The normalized spacial score (nSPS) is 17.5. The zero-order valence-electron chi connectivity index (χ0n) is 21.6. The summed E-state index contributed by atoms with van der Waals surface area (Å²) in [7, 11) is 0. The number of nitrogens with zero attached hydrogens (tertiary/aromatic N) is 5. The number of aromatic nitrogens is 3. The summed E-state index contributed by atoms with van der Waals surface area (Å²) in [5, 5.41) is 24.0. The number of pyridine rings is 2. The molecule has 6 heterocycles. The molecule has 0 aromatic carbocycles. The van der Waals surface area contributed by atoms with E-state index in [0.29, 0.717) is 62.1 Å². The number of ether oxygens (including phenoxy) is 1. The number of furan rings is 1. The molecule has 0 unspecified atom stereocenters. The van der Waals surface area contributed by atoms with Gasteiger partial charge < -0.3 is 34.5 Å². The summed E-state index contributed by atoms with van der Waals surface area (Å²) in [6.45, 7) is 5.40. The average Bonchev–Trinajstić information content (AvgIpc) is 3.61. The number of hydrogen-bond acceptors (Lipinski definition) is 11. The van der Waals surface area contributed by atoms with E-state index in [4.69, 9.17) is 19.1 Å². The molecular formula is C27H30N6O5S. The summed E-state index contributed by atoms with van der Waals surface area (Å²) >= 11 is 1.53. The summed E-state index contributed by atoms with van der Waals surface area (Å²) in [4.78, 5) is 31.4. The number of nitrogens with one attached hydrogen (secondary N) is 1. The molecule has 0 aliphatic carbocycles. The third kappa shape index (κ3) is 5.33. The molecule has 2 saturated heterocycles. The van der Waals surface area contributed by atoms with Crippen molar-refractivity contribution < 1.29 is 24.2 Å². The van der Waals surface area contributed by atoms with Crippen LogP contribution in [0.4, 0.5) is 16.6 Å². The lowest BCUT2D eigenvalue weighted by molar-refractivity contribution is -0.0326. The zero-order valence-corrected chi connectivity index (χ0v) is 22.4. The van der Waals surface area contributed by atoms with E-state index in [-0.39, 0.29) is 12.4 Å². The summed E-state index contributed by atoms with van der Waals surface area (Å²) in [6, 6.07) is 9.06. The van der Waals surface area contributed by atoms with Crippen molar-refractivity contribution in [3.8, 4) is 11.3 Å². The van der Waals surface area contributed by atoms with Crippen LogP contribution < -0.4 is 15.1 Å². The van der Waals surface area contributed by atoms with E-state index in [0.717, 1.165) is 34.2 Å². The number of morpholine rings is 1. The molecule has 12 heteroatoms. The minimum absolute atomic E-state index is 0.178. The van der Waals surface area contributed by atoms with Crippen LogP contribution in [0, 0.1) is 6.92 Å². The van der Waals surface area contributed by atoms with Crippen molar-refractivity contribution in [2.45, 2.75) is 25.4 Å². The van der Waals surface area contributed by atoms with Gasteiger partial charge in [0, 0.05) is 43.6 Å². The fraction of sp³-hybridized carbons (Fsp3) is 0.407. The number of hydrogen-bond donors (Lipinski definition) is 3. The first-order chi connectivity index (χ1) is 18.9. The Morgan fingerprint density at radius 1 is 1.10 bits per heavy atom. The van der Waals surface area contributed by atoms with Crippen molar-refractivity contribution in [2.24, 2.45) is 0 Å². The second-order valence-corrected chi connectivity index (χ2v) is 11.0. The lowest BCUT2D eigenvalue weighted by Gasteiger charge is -2.38. The van der Waals surface area contributed by atoms with Gasteiger partial charge in [0.25, 0.3) is 5.91 Å². The number of carbonyl (C=O) groups is 1. The van der Waals surface area contributed by atoms with Crippen LogP contribution in [0.5, 0.6) is 0 Å². The summed E-state index contributed by atoms with van der Waals surface area (Å²) in [6.07, 6.45) is 2.48. The van der Waals surface area contributed by atoms with E-state index in [9.17, 15) is 15.0 Å². The molecule has 0 atom stereocenters. The van der Waals surface area contributed by atoms with Gasteiger partial charge in [-0.25, -0.2) is 4.98 Å². The highest BCUT2D eigenvalue weighted by atomic mass is 32.1. The number of aliphatic hydroxyl groups excluding tert-OH is 1. The number of fused-ring (bicyclic) bond motifs is 1. The van der Waals surface area contributed by atoms with Crippen LogP contribution in [0.3, 0.4) is 0 Å². The minimum Gasteiger partial charge on any atom is -0.451 e. The molecule has 3 N–H and O–H groups in total. The molecule has 2 aliphatic heterocycles. The van der Waals surface area contributed by atoms with Crippen molar-refractivity contribution in [3.63, 3.8) is 0 Å². The molecule has 6 rings (SSSR count). The average molecular weight is 551 g/mol. The second kappa shape index (κ2) is 10.5. The molecular weight excluding hydrogens is 520 g/mol. The van der Waals surface area contributed by atoms with E-state index < -0.39 is 11.5 Å². The third-order valence-electron chi connectivity index (χ3n) is 7.18. The van der Waals surface area contributed by atoms with E-state index >= 15 is 0 Å². The monoisotopic (exact) mass is 550 g/mol. The van der Waals surface area contributed by atoms with Crippen LogP contribution in [0.2, 0.25) is 0 Å². The van der Waals surface area contributed by atoms with Gasteiger partial charge in [0.05, 0.1) is 35.8 Å². The van der Waals surface area contributed by atoms with Crippen molar-refractivity contribution in [1.82, 2.24) is 15.0 Å². The molecule has 0 radical (unpaired) electrons. The van der Waals surface area contributed by atoms with Gasteiger partial charge in [-0.2, -0.15) is 4.98 Å². The quantitative estimate of drug-likeness (QED) is 0.328. The number of piperidine rings is 1. The smallest absolute Gasteiger partial charge is 0.291 e. The lowest BCUT2D eigenvalue weighted by Crippen LogP contribution is -2.47. The van der Waals surface area contributed by atoms with Crippen LogP contribution >= 0.6 is 11.3 Å². The fourth-order valence-electron chi connectivity index (χ4n) is 4.86. The molecule has 2 aliphatic rings. The van der Waals surface area contributed by atoms with Gasteiger partial charge in [-0.3, -0.25) is 9.78 Å². The molecule has 1 amide bonds. The Bertz CT molecular complexity index is 1490. The molecule has 204 valence electrons. The van der Waals surface area contributed by atoms with Crippen molar-refractivity contribution in [3.05, 3.63) is 48.0 Å². The Labute approximate surface area is 229 Å². The molecule has 4 aromatic rings. The van der Waals surface area contributed by atoms with Crippen LogP contribution in [0.1, 0.15) is 29.1 Å². The van der Waals surface area contributed by atoms with Crippen LogP contribution in [-0.4, -0.2) is 82.7 Å². The fourth-order valence-corrected chi connectivity index (χ4v) is 5.86. The van der Waals surface area contributed by atoms with Gasteiger partial charge in [-0.05, 0) is 50.1 Å². The highest BCUT2D eigenvalue weighted by Crippen LogP contribution is 2.37. The third-order valence-corrected chi connectivity index (χ3v) is 8.23. The Hall–Kier alpha value is -3.58. The van der Waals surface area contributed by atoms with Gasteiger partial charge in [0.2, 0.25) is 0 Å². The first-order valence-electron chi connectivity index (χ1n) is 13.0. The van der Waals surface area contributed by atoms with Crippen molar-refractivity contribution in [1.29, 1.82) is 0 Å². The van der Waals surface area contributed by atoms with Gasteiger partial charge >= 0.3 is 0 Å². The zero-order chi connectivity index (χ0) is 27.0. The first kappa shape index (κ1) is 25.7. The Morgan fingerprint density at radius 2 is 1.90 bits per heavy atom. The molecule has 0 saturated carbocycles. The van der Waals surface area contributed by atoms with E-state index in [2.05, 4.69) is 15.2 Å². The number of aryl methyl sites for hydroxylation is 1. The predicted molar refractivity (Wildman–Crippen MR) is 149 cm³/mol. The van der Waals surface area contributed by atoms with Gasteiger partial charge in [-0.15, -0.1) is 0 Å². The first-order valence-corrected chi connectivity index (χ1v) is 13.8. The van der Waals surface area contributed by atoms with E-state index in [1.165, 1.54) is 11.3 Å². The Kier molecular flexibility index (Phi) is 6.94. The Morgan fingerprint density at radius 3 is 2.64 bits per heavy atom. The predicted octanol–water partition coefficient (Wildman–Crippen LogP) is 3.07.